The van der Waals surface area contributed by atoms with Crippen molar-refractivity contribution in [3.63, 3.8) is 0 Å². The second-order valence-corrected chi connectivity index (χ2v) is 8.04. The lowest BCUT2D eigenvalue weighted by molar-refractivity contribution is -0.118. The minimum absolute atomic E-state index is 0.342. The van der Waals surface area contributed by atoms with E-state index in [4.69, 9.17) is 4.74 Å². The number of nitrogens with one attached hydrogen (secondary N) is 1. The molecule has 0 saturated heterocycles. The van der Waals surface area contributed by atoms with Gasteiger partial charge in [0.1, 0.15) is 11.5 Å². The van der Waals surface area contributed by atoms with Crippen molar-refractivity contribution < 1.29 is 9.53 Å². The highest BCUT2D eigenvalue weighted by molar-refractivity contribution is 5.81. The van der Waals surface area contributed by atoms with E-state index in [0.29, 0.717) is 24.1 Å². The Labute approximate surface area is 180 Å². The first-order chi connectivity index (χ1) is 15.2. The maximum absolute atomic E-state index is 12.1. The predicted octanol–water partition coefficient (Wildman–Crippen LogP) is 5.06. The van der Waals surface area contributed by atoms with Crippen LogP contribution in [0.15, 0.2) is 66.9 Å². The van der Waals surface area contributed by atoms with E-state index in [2.05, 4.69) is 27.5 Å². The van der Waals surface area contributed by atoms with Crippen LogP contribution in [0.5, 0.6) is 5.75 Å². The molecule has 0 atom stereocenters. The molecule has 5 rings (SSSR count). The Kier molecular flexibility index (Phi) is 5.12. The van der Waals surface area contributed by atoms with E-state index in [1.807, 2.05) is 54.7 Å². The average Bonchev–Trinajstić information content (AvgIpc) is 3.50. The first-order valence-corrected chi connectivity index (χ1v) is 10.6. The zero-order valence-electron chi connectivity index (χ0n) is 17.4. The second-order valence-electron chi connectivity index (χ2n) is 8.04. The normalized spacial score (nSPS) is 13.3. The fraction of sp³-hybridized carbons (Fsp3) is 0.240. The van der Waals surface area contributed by atoms with Gasteiger partial charge in [-0.3, -0.25) is 4.79 Å². The molecule has 0 radical (unpaired) electrons. The first-order valence-electron chi connectivity index (χ1n) is 10.6. The number of anilines is 2. The zero-order chi connectivity index (χ0) is 21.2. The van der Waals surface area contributed by atoms with Crippen molar-refractivity contribution >= 4 is 23.1 Å². The maximum atomic E-state index is 12.1. The fourth-order valence-corrected chi connectivity index (χ4v) is 3.73. The molecule has 2 aromatic heterocycles. The van der Waals surface area contributed by atoms with Crippen LogP contribution in [0.2, 0.25) is 0 Å². The van der Waals surface area contributed by atoms with Gasteiger partial charge in [0.2, 0.25) is 5.95 Å². The summed E-state index contributed by atoms with van der Waals surface area (Å²) in [4.78, 5) is 16.6. The molecule has 1 aliphatic carbocycles. The molecule has 156 valence electrons. The molecule has 4 aromatic rings. The number of fused-ring (bicyclic) bond motifs is 1. The topological polar surface area (TPSA) is 68.5 Å². The molecule has 31 heavy (non-hydrogen) atoms. The van der Waals surface area contributed by atoms with Gasteiger partial charge in [0.15, 0.2) is 5.65 Å². The van der Waals surface area contributed by atoms with Gasteiger partial charge in [-0.2, -0.15) is 4.98 Å². The van der Waals surface area contributed by atoms with E-state index in [1.54, 1.807) is 11.6 Å². The number of nitrogens with zero attached hydrogens (tertiary/aromatic N) is 3. The van der Waals surface area contributed by atoms with Gasteiger partial charge in [-0.05, 0) is 54.2 Å². The molecular formula is C25H24N4O2. The standard InChI is InChI=1S/C25H24N4O2/c1-31-23-5-3-2-4-22(23)26-25-27-24-13-12-20(16-29(24)28-25)19-10-8-18(9-11-19)15-21(30)14-17-6-7-17/h2-5,8-13,16-17H,6-7,14-15H2,1H3,(H,26,28). The van der Waals surface area contributed by atoms with Gasteiger partial charge in [0.05, 0.1) is 12.8 Å². The smallest absolute Gasteiger partial charge is 0.247 e. The van der Waals surface area contributed by atoms with Crippen molar-refractivity contribution in [2.75, 3.05) is 12.4 Å². The highest BCUT2D eigenvalue weighted by Crippen LogP contribution is 2.33. The summed E-state index contributed by atoms with van der Waals surface area (Å²) in [6.45, 7) is 0. The van der Waals surface area contributed by atoms with Crippen LogP contribution >= 0.6 is 0 Å². The molecule has 6 nitrogen and oxygen atoms in total. The molecule has 0 amide bonds. The molecule has 1 fully saturated rings. The summed E-state index contributed by atoms with van der Waals surface area (Å²) in [5.41, 5.74) is 4.75. The molecule has 2 heterocycles. The Morgan fingerprint density at radius 2 is 1.84 bits per heavy atom. The van der Waals surface area contributed by atoms with Crippen LogP contribution in [0, 0.1) is 5.92 Å². The Morgan fingerprint density at radius 3 is 2.61 bits per heavy atom. The van der Waals surface area contributed by atoms with E-state index in [1.165, 1.54) is 12.8 Å². The zero-order valence-corrected chi connectivity index (χ0v) is 17.4. The van der Waals surface area contributed by atoms with Crippen molar-refractivity contribution in [3.05, 3.63) is 72.4 Å². The molecule has 0 aliphatic heterocycles. The fourth-order valence-electron chi connectivity index (χ4n) is 3.73. The van der Waals surface area contributed by atoms with E-state index >= 15 is 0 Å². The summed E-state index contributed by atoms with van der Waals surface area (Å²) in [5.74, 6) is 2.22. The molecule has 1 saturated carbocycles. The number of ketones is 1. The Hall–Kier alpha value is -3.67. The van der Waals surface area contributed by atoms with Crippen LogP contribution in [0.3, 0.4) is 0 Å². The average molecular weight is 412 g/mol. The van der Waals surface area contributed by atoms with E-state index in [-0.39, 0.29) is 0 Å². The van der Waals surface area contributed by atoms with Gasteiger partial charge in [-0.1, -0.05) is 36.4 Å². The minimum Gasteiger partial charge on any atom is -0.495 e. The number of hydrogen-bond donors (Lipinski definition) is 1. The van der Waals surface area contributed by atoms with E-state index in [0.717, 1.165) is 40.2 Å². The van der Waals surface area contributed by atoms with Crippen LogP contribution in [-0.4, -0.2) is 27.5 Å². The van der Waals surface area contributed by atoms with Crippen molar-refractivity contribution in [1.82, 2.24) is 14.6 Å². The molecule has 0 bridgehead atoms. The SMILES string of the molecule is COc1ccccc1Nc1nc2ccc(-c3ccc(CC(=O)CC4CC4)cc3)cn2n1. The number of benzene rings is 2. The maximum Gasteiger partial charge on any atom is 0.247 e. The highest BCUT2D eigenvalue weighted by Gasteiger charge is 2.24. The monoisotopic (exact) mass is 412 g/mol. The molecule has 6 heteroatoms. The number of Topliss-reactive ketones (excluding diaryl/α,β-unsaturated/α-hetero) is 1. The third kappa shape index (κ3) is 4.43. The van der Waals surface area contributed by atoms with E-state index < -0.39 is 0 Å². The largest absolute Gasteiger partial charge is 0.495 e. The van der Waals surface area contributed by atoms with E-state index in [9.17, 15) is 4.79 Å². The molecule has 1 N–H and O–H groups in total. The van der Waals surface area contributed by atoms with Crippen molar-refractivity contribution in [2.45, 2.75) is 25.7 Å². The van der Waals surface area contributed by atoms with Crippen molar-refractivity contribution in [3.8, 4) is 16.9 Å². The number of pyridine rings is 1. The lowest BCUT2D eigenvalue weighted by Gasteiger charge is -2.07. The predicted molar refractivity (Wildman–Crippen MR) is 121 cm³/mol. The van der Waals surface area contributed by atoms with Crippen LogP contribution in [0.1, 0.15) is 24.8 Å². The molecule has 1 aliphatic rings. The first kappa shape index (κ1) is 19.3. The van der Waals surface area contributed by atoms with Crippen LogP contribution in [0.25, 0.3) is 16.8 Å². The number of rotatable bonds is 8. The molecular weight excluding hydrogens is 388 g/mol. The van der Waals surface area contributed by atoms with Gasteiger partial charge >= 0.3 is 0 Å². The third-order valence-electron chi connectivity index (χ3n) is 5.59. The Balaban J connectivity index is 1.33. The van der Waals surface area contributed by atoms with Crippen LogP contribution in [-0.2, 0) is 11.2 Å². The number of carbonyl (C=O) groups excluding carboxylic acids is 1. The number of carbonyl (C=O) groups is 1. The second kappa shape index (κ2) is 8.22. The lowest BCUT2D eigenvalue weighted by atomic mass is 10.0. The summed E-state index contributed by atoms with van der Waals surface area (Å²) in [6.07, 6.45) is 5.65. The summed E-state index contributed by atoms with van der Waals surface area (Å²) < 4.78 is 7.14. The van der Waals surface area contributed by atoms with Gasteiger partial charge < -0.3 is 10.1 Å². The minimum atomic E-state index is 0.342. The number of ether oxygens (including phenoxy) is 1. The molecule has 0 spiro atoms. The Bertz CT molecular complexity index is 1230. The Morgan fingerprint density at radius 1 is 1.06 bits per heavy atom. The van der Waals surface area contributed by atoms with Crippen molar-refractivity contribution in [2.24, 2.45) is 5.92 Å². The van der Waals surface area contributed by atoms with Gasteiger partial charge in [0.25, 0.3) is 0 Å². The highest BCUT2D eigenvalue weighted by atomic mass is 16.5. The number of para-hydroxylation sites is 2. The van der Waals surface area contributed by atoms with Crippen LogP contribution in [0.4, 0.5) is 11.6 Å². The van der Waals surface area contributed by atoms with Crippen molar-refractivity contribution in [1.29, 1.82) is 0 Å². The number of methoxy groups -OCH3 is 1. The van der Waals surface area contributed by atoms with Gasteiger partial charge in [-0.15, -0.1) is 5.10 Å². The molecule has 2 aromatic carbocycles. The van der Waals surface area contributed by atoms with Crippen LogP contribution < -0.4 is 10.1 Å². The third-order valence-corrected chi connectivity index (χ3v) is 5.59. The summed E-state index contributed by atoms with van der Waals surface area (Å²) in [6, 6.07) is 19.8. The quantitative estimate of drug-likeness (QED) is 0.438. The summed E-state index contributed by atoms with van der Waals surface area (Å²) >= 11 is 0. The van der Waals surface area contributed by atoms with Gasteiger partial charge in [-0.25, -0.2) is 4.52 Å². The summed E-state index contributed by atoms with van der Waals surface area (Å²) in [5, 5.41) is 7.77. The lowest BCUT2D eigenvalue weighted by Crippen LogP contribution is -2.03. The molecule has 0 unspecified atom stereocenters. The summed E-state index contributed by atoms with van der Waals surface area (Å²) in [7, 11) is 1.64. The number of aromatic nitrogens is 3. The van der Waals surface area contributed by atoms with Gasteiger partial charge in [0, 0.05) is 24.6 Å². The number of hydrogen-bond acceptors (Lipinski definition) is 5.